The van der Waals surface area contributed by atoms with E-state index in [1.54, 1.807) is 11.8 Å². The number of nitrogens with zero attached hydrogens (tertiary/aromatic N) is 1. The number of benzene rings is 1. The zero-order valence-corrected chi connectivity index (χ0v) is 14.1. The molecule has 2 aliphatic heterocycles. The Morgan fingerprint density at radius 3 is 2.90 bits per heavy atom. The molecule has 0 radical (unpaired) electrons. The van der Waals surface area contributed by atoms with E-state index in [4.69, 9.17) is 11.6 Å². The van der Waals surface area contributed by atoms with Crippen molar-refractivity contribution in [3.8, 4) is 0 Å². The molecule has 0 spiro atoms. The van der Waals surface area contributed by atoms with Gasteiger partial charge in [-0.05, 0) is 30.2 Å². The van der Waals surface area contributed by atoms with Gasteiger partial charge >= 0.3 is 0 Å². The van der Waals surface area contributed by atoms with Gasteiger partial charge in [0.2, 0.25) is 5.91 Å². The second-order valence-electron chi connectivity index (χ2n) is 5.27. The van der Waals surface area contributed by atoms with Crippen LogP contribution in [0.1, 0.15) is 24.4 Å². The predicted molar refractivity (Wildman–Crippen MR) is 91.5 cm³/mol. The number of hydrogen-bond donors (Lipinski definition) is 1. The molecule has 2 unspecified atom stereocenters. The molecule has 1 aromatic carbocycles. The highest BCUT2D eigenvalue weighted by molar-refractivity contribution is 8.00. The summed E-state index contributed by atoms with van der Waals surface area (Å²) in [6.07, 6.45) is 2.17. The number of piperazine rings is 1. The summed E-state index contributed by atoms with van der Waals surface area (Å²) in [5, 5.41) is 4.28. The van der Waals surface area contributed by atoms with Crippen molar-refractivity contribution in [3.63, 3.8) is 0 Å². The molecule has 0 bridgehead atoms. The smallest absolute Gasteiger partial charge is 0.236 e. The van der Waals surface area contributed by atoms with Crippen LogP contribution in [0.4, 0.5) is 0 Å². The molecular weight excluding hydrogens is 327 g/mol. The zero-order chi connectivity index (χ0) is 13.9. The van der Waals surface area contributed by atoms with E-state index in [1.165, 1.54) is 0 Å². The van der Waals surface area contributed by atoms with E-state index in [0.717, 1.165) is 48.8 Å². The number of carbonyl (C=O) groups is 1. The summed E-state index contributed by atoms with van der Waals surface area (Å²) in [7, 11) is 0. The summed E-state index contributed by atoms with van der Waals surface area (Å²) < 4.78 is 0. The maximum atomic E-state index is 12.7. The van der Waals surface area contributed by atoms with E-state index in [-0.39, 0.29) is 23.7 Å². The maximum absolute atomic E-state index is 12.7. The van der Waals surface area contributed by atoms with Crippen molar-refractivity contribution in [2.45, 2.75) is 24.1 Å². The van der Waals surface area contributed by atoms with Crippen molar-refractivity contribution < 1.29 is 4.79 Å². The summed E-state index contributed by atoms with van der Waals surface area (Å²) >= 11 is 8.12. The Morgan fingerprint density at radius 1 is 1.38 bits per heavy atom. The SMILES string of the molecule is Cl.O=C(C1CCCS1)N1CCNCC1c1ccccc1Cl. The average Bonchev–Trinajstić information content (AvgIpc) is 3.01. The fourth-order valence-corrected chi connectivity index (χ4v) is 4.44. The lowest BCUT2D eigenvalue weighted by molar-refractivity contribution is -0.134. The molecule has 1 amide bonds. The Balaban J connectivity index is 0.00000161. The molecule has 2 aliphatic rings. The van der Waals surface area contributed by atoms with Gasteiger partial charge in [-0.3, -0.25) is 4.79 Å². The Morgan fingerprint density at radius 2 is 2.19 bits per heavy atom. The van der Waals surface area contributed by atoms with Crippen molar-refractivity contribution in [3.05, 3.63) is 34.9 Å². The molecule has 6 heteroatoms. The minimum absolute atomic E-state index is 0. The summed E-state index contributed by atoms with van der Waals surface area (Å²) in [4.78, 5) is 14.8. The van der Waals surface area contributed by atoms with Crippen molar-refractivity contribution in [1.82, 2.24) is 10.2 Å². The fourth-order valence-electron chi connectivity index (χ4n) is 2.95. The first-order valence-corrected chi connectivity index (χ1v) is 8.57. The first-order valence-electron chi connectivity index (χ1n) is 7.14. The van der Waals surface area contributed by atoms with Crippen molar-refractivity contribution in [2.24, 2.45) is 0 Å². The highest BCUT2D eigenvalue weighted by Gasteiger charge is 2.34. The van der Waals surface area contributed by atoms with Crippen LogP contribution in [-0.4, -0.2) is 41.4 Å². The number of halogens is 2. The van der Waals surface area contributed by atoms with E-state index in [0.29, 0.717) is 5.91 Å². The van der Waals surface area contributed by atoms with Crippen LogP contribution in [0.3, 0.4) is 0 Å². The van der Waals surface area contributed by atoms with Gasteiger partial charge in [-0.1, -0.05) is 29.8 Å². The topological polar surface area (TPSA) is 32.3 Å². The average molecular weight is 347 g/mol. The molecule has 2 atom stereocenters. The number of nitrogens with one attached hydrogen (secondary N) is 1. The highest BCUT2D eigenvalue weighted by atomic mass is 35.5. The molecule has 116 valence electrons. The number of rotatable bonds is 2. The number of amides is 1. The molecule has 1 N–H and O–H groups in total. The van der Waals surface area contributed by atoms with Crippen molar-refractivity contribution in [2.75, 3.05) is 25.4 Å². The molecule has 0 saturated carbocycles. The van der Waals surface area contributed by atoms with Gasteiger partial charge in [0.25, 0.3) is 0 Å². The van der Waals surface area contributed by atoms with Gasteiger partial charge in [0, 0.05) is 24.7 Å². The third kappa shape index (κ3) is 3.67. The quantitative estimate of drug-likeness (QED) is 0.892. The second kappa shape index (κ2) is 7.73. The summed E-state index contributed by atoms with van der Waals surface area (Å²) in [6, 6.07) is 7.91. The van der Waals surface area contributed by atoms with Gasteiger partial charge in [-0.15, -0.1) is 24.2 Å². The number of thioether (sulfide) groups is 1. The molecule has 2 saturated heterocycles. The van der Waals surface area contributed by atoms with Crippen molar-refractivity contribution in [1.29, 1.82) is 0 Å². The fraction of sp³-hybridized carbons (Fsp3) is 0.533. The number of hydrogen-bond acceptors (Lipinski definition) is 3. The molecule has 21 heavy (non-hydrogen) atoms. The van der Waals surface area contributed by atoms with E-state index in [2.05, 4.69) is 5.32 Å². The predicted octanol–water partition coefficient (Wildman–Crippen LogP) is 3.13. The Labute approximate surface area is 141 Å². The van der Waals surface area contributed by atoms with E-state index in [1.807, 2.05) is 29.2 Å². The van der Waals surface area contributed by atoms with Crippen LogP contribution in [0.25, 0.3) is 0 Å². The largest absolute Gasteiger partial charge is 0.332 e. The van der Waals surface area contributed by atoms with Crippen molar-refractivity contribution >= 4 is 41.7 Å². The highest BCUT2D eigenvalue weighted by Crippen LogP contribution is 2.33. The van der Waals surface area contributed by atoms with Gasteiger partial charge in [-0.2, -0.15) is 0 Å². The molecular formula is C15H20Cl2N2OS. The lowest BCUT2D eigenvalue weighted by Gasteiger charge is -2.38. The Bertz CT molecular complexity index is 494. The Kier molecular flexibility index (Phi) is 6.23. The van der Waals surface area contributed by atoms with E-state index < -0.39 is 0 Å². The van der Waals surface area contributed by atoms with Crippen LogP contribution >= 0.6 is 35.8 Å². The van der Waals surface area contributed by atoms with Crippen LogP contribution in [-0.2, 0) is 4.79 Å². The van der Waals surface area contributed by atoms with Gasteiger partial charge in [0.15, 0.2) is 0 Å². The summed E-state index contributed by atoms with van der Waals surface area (Å²) in [5.41, 5.74) is 1.05. The minimum atomic E-state index is 0. The van der Waals surface area contributed by atoms with Gasteiger partial charge in [0.05, 0.1) is 11.3 Å². The van der Waals surface area contributed by atoms with Crippen LogP contribution in [0, 0.1) is 0 Å². The van der Waals surface area contributed by atoms with Crippen LogP contribution in [0.2, 0.25) is 5.02 Å². The standard InChI is InChI=1S/C15H19ClN2OS.ClH/c16-12-5-2-1-4-11(12)13-10-17-7-8-18(13)15(19)14-6-3-9-20-14;/h1-2,4-5,13-14,17H,3,6-10H2;1H. The summed E-state index contributed by atoms with van der Waals surface area (Å²) in [5.74, 6) is 1.40. The molecule has 2 fully saturated rings. The molecule has 1 aromatic rings. The maximum Gasteiger partial charge on any atom is 0.236 e. The molecule has 2 heterocycles. The second-order valence-corrected chi connectivity index (χ2v) is 6.99. The van der Waals surface area contributed by atoms with Crippen LogP contribution < -0.4 is 5.32 Å². The monoisotopic (exact) mass is 346 g/mol. The molecule has 0 aliphatic carbocycles. The van der Waals surface area contributed by atoms with E-state index in [9.17, 15) is 4.79 Å². The minimum Gasteiger partial charge on any atom is -0.332 e. The van der Waals surface area contributed by atoms with E-state index >= 15 is 0 Å². The zero-order valence-electron chi connectivity index (χ0n) is 11.8. The third-order valence-electron chi connectivity index (χ3n) is 4.00. The number of carbonyl (C=O) groups excluding carboxylic acids is 1. The normalized spacial score (nSPS) is 25.5. The first-order chi connectivity index (χ1) is 9.77. The molecule has 3 nitrogen and oxygen atoms in total. The third-order valence-corrected chi connectivity index (χ3v) is 5.70. The molecule has 0 aromatic heterocycles. The lowest BCUT2D eigenvalue weighted by atomic mass is 10.0. The van der Waals surface area contributed by atoms with Gasteiger partial charge in [-0.25, -0.2) is 0 Å². The van der Waals surface area contributed by atoms with Crippen LogP contribution in [0.5, 0.6) is 0 Å². The first kappa shape index (κ1) is 16.9. The van der Waals surface area contributed by atoms with Gasteiger partial charge < -0.3 is 10.2 Å². The lowest BCUT2D eigenvalue weighted by Crippen LogP contribution is -2.51. The Hall–Kier alpha value is -0.420. The van der Waals surface area contributed by atoms with Gasteiger partial charge in [0.1, 0.15) is 0 Å². The molecule has 3 rings (SSSR count). The van der Waals surface area contributed by atoms with Crippen LogP contribution in [0.15, 0.2) is 24.3 Å². The summed E-state index contributed by atoms with van der Waals surface area (Å²) in [6.45, 7) is 2.42.